The smallest absolute Gasteiger partial charge is 0.321 e. The van der Waals surface area contributed by atoms with E-state index in [2.05, 4.69) is 5.43 Å². The van der Waals surface area contributed by atoms with Gasteiger partial charge in [0.1, 0.15) is 6.54 Å². The number of hydrogen-bond donors (Lipinski definition) is 1. The zero-order chi connectivity index (χ0) is 9.40. The van der Waals surface area contributed by atoms with E-state index in [1.54, 1.807) is 6.92 Å². The number of hydrazine groups is 1. The Balaban J connectivity index is 3.61. The van der Waals surface area contributed by atoms with Gasteiger partial charge in [-0.3, -0.25) is 10.2 Å². The third kappa shape index (κ3) is 5.09. The van der Waals surface area contributed by atoms with E-state index in [4.69, 9.17) is 4.74 Å². The second-order valence-corrected chi connectivity index (χ2v) is 2.33. The molecule has 0 aromatic rings. The number of carbonyl (C=O) groups excluding carboxylic acids is 1. The van der Waals surface area contributed by atoms with Crippen LogP contribution in [0.1, 0.15) is 20.8 Å². The van der Waals surface area contributed by atoms with Crippen LogP contribution in [-0.4, -0.2) is 37.2 Å². The third-order valence-corrected chi connectivity index (χ3v) is 1.39. The Morgan fingerprint density at radius 1 is 1.42 bits per heavy atom. The van der Waals surface area contributed by atoms with Crippen LogP contribution in [0.5, 0.6) is 0 Å². The number of nitrogens with one attached hydrogen (secondary N) is 1. The van der Waals surface area contributed by atoms with Gasteiger partial charge in [-0.05, 0) is 6.92 Å². The molecule has 0 rings (SSSR count). The topological polar surface area (TPSA) is 41.6 Å². The first-order chi connectivity index (χ1) is 5.74. The van der Waals surface area contributed by atoms with Gasteiger partial charge in [0.25, 0.3) is 0 Å². The van der Waals surface area contributed by atoms with Crippen molar-refractivity contribution in [3.05, 3.63) is 0 Å². The SMILES string of the molecule is CCNN(CC)CC(=O)OCC. The molecule has 0 saturated heterocycles. The summed E-state index contributed by atoms with van der Waals surface area (Å²) in [6.07, 6.45) is 0. The van der Waals surface area contributed by atoms with E-state index in [1.165, 1.54) is 0 Å². The minimum Gasteiger partial charge on any atom is -0.465 e. The van der Waals surface area contributed by atoms with Crippen molar-refractivity contribution in [2.75, 3.05) is 26.2 Å². The highest BCUT2D eigenvalue weighted by molar-refractivity contribution is 5.71. The normalized spacial score (nSPS) is 10.3. The molecule has 0 aliphatic heterocycles. The standard InChI is InChI=1S/C8H18N2O2/c1-4-9-10(5-2)7-8(11)12-6-3/h9H,4-7H2,1-3H3. The molecule has 72 valence electrons. The summed E-state index contributed by atoms with van der Waals surface area (Å²) in [5.41, 5.74) is 3.05. The van der Waals surface area contributed by atoms with Crippen molar-refractivity contribution < 1.29 is 9.53 Å². The van der Waals surface area contributed by atoms with E-state index >= 15 is 0 Å². The molecule has 0 unspecified atom stereocenters. The monoisotopic (exact) mass is 174 g/mol. The molecular formula is C8H18N2O2. The number of carbonyl (C=O) groups is 1. The summed E-state index contributed by atoms with van der Waals surface area (Å²) in [5, 5.41) is 1.83. The maximum Gasteiger partial charge on any atom is 0.321 e. The van der Waals surface area contributed by atoms with Gasteiger partial charge in [0.15, 0.2) is 0 Å². The van der Waals surface area contributed by atoms with Crippen LogP contribution < -0.4 is 5.43 Å². The summed E-state index contributed by atoms with van der Waals surface area (Å²) in [5.74, 6) is -0.180. The Hall–Kier alpha value is -0.610. The first-order valence-electron chi connectivity index (χ1n) is 4.38. The fraction of sp³-hybridized carbons (Fsp3) is 0.875. The molecule has 0 aromatic heterocycles. The molecule has 1 N–H and O–H groups in total. The molecule has 0 atom stereocenters. The van der Waals surface area contributed by atoms with Crippen molar-refractivity contribution in [1.82, 2.24) is 10.4 Å². The summed E-state index contributed by atoms with van der Waals surface area (Å²) >= 11 is 0. The number of likely N-dealkylation sites (N-methyl/N-ethyl adjacent to an activating group) is 1. The highest BCUT2D eigenvalue weighted by Crippen LogP contribution is 1.84. The molecule has 0 heterocycles. The van der Waals surface area contributed by atoms with E-state index in [9.17, 15) is 4.79 Å². The minimum absolute atomic E-state index is 0.180. The summed E-state index contributed by atoms with van der Waals surface area (Å²) in [6.45, 7) is 8.18. The van der Waals surface area contributed by atoms with Crippen LogP contribution in [0.25, 0.3) is 0 Å². The lowest BCUT2D eigenvalue weighted by Gasteiger charge is -2.18. The Morgan fingerprint density at radius 3 is 2.50 bits per heavy atom. The first kappa shape index (κ1) is 11.4. The van der Waals surface area contributed by atoms with Gasteiger partial charge in [0, 0.05) is 13.1 Å². The predicted molar refractivity (Wildman–Crippen MR) is 47.6 cm³/mol. The molecule has 0 aromatic carbocycles. The highest BCUT2D eigenvalue weighted by atomic mass is 16.5. The molecule has 0 spiro atoms. The van der Waals surface area contributed by atoms with Crippen LogP contribution in [0.4, 0.5) is 0 Å². The maximum absolute atomic E-state index is 11.0. The molecular weight excluding hydrogens is 156 g/mol. The van der Waals surface area contributed by atoms with Crippen LogP contribution in [0.2, 0.25) is 0 Å². The average Bonchev–Trinajstić information content (AvgIpc) is 2.04. The van der Waals surface area contributed by atoms with Gasteiger partial charge >= 0.3 is 5.97 Å². The predicted octanol–water partition coefficient (Wildman–Crippen LogP) is 0.396. The van der Waals surface area contributed by atoms with Crippen molar-refractivity contribution in [2.45, 2.75) is 20.8 Å². The van der Waals surface area contributed by atoms with E-state index in [0.717, 1.165) is 13.1 Å². The van der Waals surface area contributed by atoms with Gasteiger partial charge in [-0.25, -0.2) is 5.01 Å². The fourth-order valence-corrected chi connectivity index (χ4v) is 0.866. The molecule has 0 saturated carbocycles. The average molecular weight is 174 g/mol. The quantitative estimate of drug-likeness (QED) is 0.467. The van der Waals surface area contributed by atoms with Crippen LogP contribution >= 0.6 is 0 Å². The van der Waals surface area contributed by atoms with Crippen LogP contribution in [0.15, 0.2) is 0 Å². The summed E-state index contributed by atoms with van der Waals surface area (Å²) in [4.78, 5) is 11.0. The zero-order valence-corrected chi connectivity index (χ0v) is 8.09. The van der Waals surface area contributed by atoms with Crippen molar-refractivity contribution in [1.29, 1.82) is 0 Å². The molecule has 12 heavy (non-hydrogen) atoms. The Bertz CT molecular complexity index is 128. The number of nitrogens with zero attached hydrogens (tertiary/aromatic N) is 1. The number of esters is 1. The van der Waals surface area contributed by atoms with Gasteiger partial charge in [-0.1, -0.05) is 13.8 Å². The second kappa shape index (κ2) is 7.06. The van der Waals surface area contributed by atoms with Gasteiger partial charge in [-0.15, -0.1) is 0 Å². The van der Waals surface area contributed by atoms with Crippen LogP contribution in [0.3, 0.4) is 0 Å². The lowest BCUT2D eigenvalue weighted by Crippen LogP contribution is -2.41. The maximum atomic E-state index is 11.0. The largest absolute Gasteiger partial charge is 0.465 e. The lowest BCUT2D eigenvalue weighted by molar-refractivity contribution is -0.145. The molecule has 0 aliphatic rings. The van der Waals surface area contributed by atoms with E-state index in [0.29, 0.717) is 13.2 Å². The summed E-state index contributed by atoms with van der Waals surface area (Å²) in [7, 11) is 0. The number of hydrogen-bond acceptors (Lipinski definition) is 4. The Kier molecular flexibility index (Phi) is 6.70. The molecule has 4 nitrogen and oxygen atoms in total. The second-order valence-electron chi connectivity index (χ2n) is 2.33. The molecule has 0 bridgehead atoms. The molecule has 0 radical (unpaired) electrons. The van der Waals surface area contributed by atoms with Crippen molar-refractivity contribution in [2.24, 2.45) is 0 Å². The first-order valence-corrected chi connectivity index (χ1v) is 4.38. The highest BCUT2D eigenvalue weighted by Gasteiger charge is 2.07. The van der Waals surface area contributed by atoms with Crippen molar-refractivity contribution in [3.8, 4) is 0 Å². The lowest BCUT2D eigenvalue weighted by atomic mass is 10.5. The van der Waals surface area contributed by atoms with Gasteiger partial charge < -0.3 is 4.74 Å². The van der Waals surface area contributed by atoms with Gasteiger partial charge in [0.2, 0.25) is 0 Å². The molecule has 0 fully saturated rings. The van der Waals surface area contributed by atoms with E-state index < -0.39 is 0 Å². The molecule has 0 aliphatic carbocycles. The van der Waals surface area contributed by atoms with E-state index in [1.807, 2.05) is 18.9 Å². The molecule has 4 heteroatoms. The third-order valence-electron chi connectivity index (χ3n) is 1.39. The van der Waals surface area contributed by atoms with Crippen molar-refractivity contribution in [3.63, 3.8) is 0 Å². The van der Waals surface area contributed by atoms with E-state index in [-0.39, 0.29) is 5.97 Å². The van der Waals surface area contributed by atoms with Crippen LogP contribution in [0, 0.1) is 0 Å². The van der Waals surface area contributed by atoms with Crippen molar-refractivity contribution >= 4 is 5.97 Å². The van der Waals surface area contributed by atoms with Gasteiger partial charge in [0.05, 0.1) is 6.61 Å². The Morgan fingerprint density at radius 2 is 2.08 bits per heavy atom. The summed E-state index contributed by atoms with van der Waals surface area (Å²) in [6, 6.07) is 0. The van der Waals surface area contributed by atoms with Crippen LogP contribution in [-0.2, 0) is 9.53 Å². The molecule has 0 amide bonds. The zero-order valence-electron chi connectivity index (χ0n) is 8.09. The number of rotatable bonds is 6. The minimum atomic E-state index is -0.180. The fourth-order valence-electron chi connectivity index (χ4n) is 0.866. The summed E-state index contributed by atoms with van der Waals surface area (Å²) < 4.78 is 4.80. The number of ether oxygens (including phenoxy) is 1. The van der Waals surface area contributed by atoms with Gasteiger partial charge in [-0.2, -0.15) is 0 Å². The Labute approximate surface area is 73.8 Å².